The van der Waals surface area contributed by atoms with Gasteiger partial charge in [0, 0.05) is 18.1 Å². The van der Waals surface area contributed by atoms with Crippen molar-refractivity contribution < 1.29 is 8.42 Å². The first-order valence-electron chi connectivity index (χ1n) is 4.65. The summed E-state index contributed by atoms with van der Waals surface area (Å²) in [5.41, 5.74) is 4.13. The SMILES string of the molecule is CNc1cc(C)c(/C=C/[SH](=O)=O)c(C)c1. The van der Waals surface area contributed by atoms with Gasteiger partial charge >= 0.3 is 0 Å². The van der Waals surface area contributed by atoms with Crippen molar-refractivity contribution in [2.75, 3.05) is 12.4 Å². The Morgan fingerprint density at radius 2 is 1.73 bits per heavy atom. The largest absolute Gasteiger partial charge is 0.388 e. The lowest BCUT2D eigenvalue weighted by atomic mass is 10.0. The summed E-state index contributed by atoms with van der Waals surface area (Å²) in [6.07, 6.45) is 1.63. The molecule has 0 aliphatic rings. The van der Waals surface area contributed by atoms with Gasteiger partial charge < -0.3 is 5.32 Å². The molecule has 15 heavy (non-hydrogen) atoms. The Morgan fingerprint density at radius 3 is 2.13 bits per heavy atom. The highest BCUT2D eigenvalue weighted by atomic mass is 32.2. The molecule has 0 atom stereocenters. The van der Waals surface area contributed by atoms with Crippen LogP contribution < -0.4 is 5.32 Å². The van der Waals surface area contributed by atoms with Crippen molar-refractivity contribution in [2.45, 2.75) is 13.8 Å². The molecule has 0 saturated carbocycles. The van der Waals surface area contributed by atoms with Crippen LogP contribution >= 0.6 is 0 Å². The summed E-state index contributed by atoms with van der Waals surface area (Å²) in [5.74, 6) is 0. The fourth-order valence-corrected chi connectivity index (χ4v) is 1.79. The van der Waals surface area contributed by atoms with Crippen molar-refractivity contribution in [1.29, 1.82) is 0 Å². The molecule has 0 radical (unpaired) electrons. The number of rotatable bonds is 3. The van der Waals surface area contributed by atoms with Crippen LogP contribution in [0.3, 0.4) is 0 Å². The Kier molecular flexibility index (Phi) is 3.91. The van der Waals surface area contributed by atoms with E-state index in [1.807, 2.05) is 33.0 Å². The molecule has 4 heteroatoms. The average Bonchev–Trinajstić information content (AvgIpc) is 2.15. The van der Waals surface area contributed by atoms with Crippen LogP contribution in [0, 0.1) is 13.8 Å². The molecule has 0 bridgehead atoms. The third-order valence-corrected chi connectivity index (χ3v) is 2.64. The molecule has 1 rings (SSSR count). The van der Waals surface area contributed by atoms with Crippen molar-refractivity contribution in [2.24, 2.45) is 0 Å². The van der Waals surface area contributed by atoms with Crippen LogP contribution in [-0.4, -0.2) is 15.5 Å². The number of aryl methyl sites for hydroxylation is 2. The number of anilines is 1. The van der Waals surface area contributed by atoms with Crippen LogP contribution in [0.2, 0.25) is 0 Å². The van der Waals surface area contributed by atoms with E-state index in [0.29, 0.717) is 0 Å². The van der Waals surface area contributed by atoms with Gasteiger partial charge in [0.1, 0.15) is 0 Å². The van der Waals surface area contributed by atoms with Gasteiger partial charge in [0.25, 0.3) is 0 Å². The average molecular weight is 225 g/mol. The quantitative estimate of drug-likeness (QED) is 0.773. The first kappa shape index (κ1) is 11.8. The van der Waals surface area contributed by atoms with Crippen molar-refractivity contribution >= 4 is 22.5 Å². The van der Waals surface area contributed by atoms with Gasteiger partial charge in [0.2, 0.25) is 0 Å². The molecule has 0 unspecified atom stereocenters. The van der Waals surface area contributed by atoms with E-state index in [2.05, 4.69) is 5.32 Å². The van der Waals surface area contributed by atoms with E-state index in [1.165, 1.54) is 5.41 Å². The van der Waals surface area contributed by atoms with Gasteiger partial charge in [-0.05, 0) is 48.7 Å². The fourth-order valence-electron chi connectivity index (χ4n) is 1.52. The van der Waals surface area contributed by atoms with Crippen LogP contribution in [0.5, 0.6) is 0 Å². The number of benzene rings is 1. The summed E-state index contributed by atoms with van der Waals surface area (Å²) in [5, 5.41) is 4.26. The summed E-state index contributed by atoms with van der Waals surface area (Å²) < 4.78 is 20.9. The van der Waals surface area contributed by atoms with Crippen molar-refractivity contribution in [1.82, 2.24) is 0 Å². The maximum Gasteiger partial charge on any atom is 0.161 e. The molecule has 1 aromatic carbocycles. The second kappa shape index (κ2) is 4.98. The Hall–Kier alpha value is -1.29. The molecule has 1 N–H and O–H groups in total. The van der Waals surface area contributed by atoms with E-state index in [1.54, 1.807) is 6.08 Å². The predicted molar refractivity (Wildman–Crippen MR) is 64.8 cm³/mol. The number of hydrogen-bond acceptors (Lipinski definition) is 3. The zero-order valence-electron chi connectivity index (χ0n) is 9.07. The van der Waals surface area contributed by atoms with Crippen LogP contribution in [0.4, 0.5) is 5.69 Å². The van der Waals surface area contributed by atoms with Crippen molar-refractivity contribution in [3.8, 4) is 0 Å². The second-order valence-electron chi connectivity index (χ2n) is 3.37. The minimum absolute atomic E-state index is 0.966. The number of thiol groups is 1. The highest BCUT2D eigenvalue weighted by Gasteiger charge is 2.01. The van der Waals surface area contributed by atoms with E-state index in [-0.39, 0.29) is 0 Å². The number of nitrogens with one attached hydrogen (secondary N) is 1. The van der Waals surface area contributed by atoms with Crippen LogP contribution in [0.25, 0.3) is 6.08 Å². The molecule has 0 aromatic heterocycles. The Balaban J connectivity index is 3.19. The molecular weight excluding hydrogens is 210 g/mol. The fraction of sp³-hybridized carbons (Fsp3) is 0.273. The lowest BCUT2D eigenvalue weighted by Crippen LogP contribution is -1.93. The normalized spacial score (nSPS) is 11.2. The Labute approximate surface area is 91.8 Å². The lowest BCUT2D eigenvalue weighted by Gasteiger charge is -2.08. The lowest BCUT2D eigenvalue weighted by molar-refractivity contribution is 0.622. The first-order chi connectivity index (χ1) is 7.04. The van der Waals surface area contributed by atoms with Gasteiger partial charge in [-0.1, -0.05) is 0 Å². The first-order valence-corrected chi connectivity index (χ1v) is 5.90. The monoisotopic (exact) mass is 225 g/mol. The maximum atomic E-state index is 10.5. The molecular formula is C11H15NO2S. The van der Waals surface area contributed by atoms with Gasteiger partial charge in [-0.25, -0.2) is 8.42 Å². The van der Waals surface area contributed by atoms with E-state index >= 15 is 0 Å². The smallest absolute Gasteiger partial charge is 0.161 e. The predicted octanol–water partition coefficient (Wildman–Crippen LogP) is 1.93. The van der Waals surface area contributed by atoms with E-state index in [4.69, 9.17) is 0 Å². The summed E-state index contributed by atoms with van der Waals surface area (Å²) >= 11 is 0. The summed E-state index contributed by atoms with van der Waals surface area (Å²) in [6.45, 7) is 3.93. The van der Waals surface area contributed by atoms with E-state index in [9.17, 15) is 8.42 Å². The highest BCUT2D eigenvalue weighted by Crippen LogP contribution is 2.20. The minimum atomic E-state index is -2.46. The molecule has 82 valence electrons. The van der Waals surface area contributed by atoms with Crippen molar-refractivity contribution in [3.63, 3.8) is 0 Å². The third kappa shape index (κ3) is 3.09. The zero-order valence-corrected chi connectivity index (χ0v) is 9.97. The van der Waals surface area contributed by atoms with Crippen LogP contribution in [-0.2, 0) is 10.7 Å². The summed E-state index contributed by atoms with van der Waals surface area (Å²) in [7, 11) is -0.597. The topological polar surface area (TPSA) is 46.2 Å². The molecule has 3 nitrogen and oxygen atoms in total. The molecule has 0 aliphatic carbocycles. The van der Waals surface area contributed by atoms with Crippen LogP contribution in [0.15, 0.2) is 17.5 Å². The van der Waals surface area contributed by atoms with Gasteiger partial charge in [0.15, 0.2) is 10.7 Å². The third-order valence-electron chi connectivity index (χ3n) is 2.25. The molecule has 0 spiro atoms. The summed E-state index contributed by atoms with van der Waals surface area (Å²) in [6, 6.07) is 3.98. The minimum Gasteiger partial charge on any atom is -0.388 e. The van der Waals surface area contributed by atoms with E-state index in [0.717, 1.165) is 22.4 Å². The maximum absolute atomic E-state index is 10.5. The molecule has 0 fully saturated rings. The van der Waals surface area contributed by atoms with Gasteiger partial charge in [-0.3, -0.25) is 0 Å². The highest BCUT2D eigenvalue weighted by molar-refractivity contribution is 7.75. The van der Waals surface area contributed by atoms with Gasteiger partial charge in [0.05, 0.1) is 0 Å². The standard InChI is InChI=1S/C11H15NO2S/c1-8-6-10(12-3)7-9(2)11(8)4-5-15(13)14/h4-7,12,15H,1-3H3/b5-4+. The number of hydrogen-bond donors (Lipinski definition) is 2. The molecule has 0 aliphatic heterocycles. The molecule has 0 saturated heterocycles. The van der Waals surface area contributed by atoms with Crippen molar-refractivity contribution in [3.05, 3.63) is 34.2 Å². The molecule has 0 heterocycles. The zero-order chi connectivity index (χ0) is 11.4. The Bertz CT molecular complexity index is 431. The van der Waals surface area contributed by atoms with Crippen LogP contribution in [0.1, 0.15) is 16.7 Å². The summed E-state index contributed by atoms with van der Waals surface area (Å²) in [4.78, 5) is 0. The Morgan fingerprint density at radius 1 is 1.20 bits per heavy atom. The van der Waals surface area contributed by atoms with E-state index < -0.39 is 10.7 Å². The molecule has 0 amide bonds. The molecule has 1 aromatic rings. The second-order valence-corrected chi connectivity index (χ2v) is 4.24. The van der Waals surface area contributed by atoms with Gasteiger partial charge in [-0.2, -0.15) is 0 Å². The van der Waals surface area contributed by atoms with Gasteiger partial charge in [-0.15, -0.1) is 0 Å².